The fourth-order valence-corrected chi connectivity index (χ4v) is 0.797. The molecule has 5 heteroatoms. The Morgan fingerprint density at radius 1 is 1.64 bits per heavy atom. The summed E-state index contributed by atoms with van der Waals surface area (Å²) >= 11 is 0. The Kier molecular flexibility index (Phi) is 2.33. The van der Waals surface area contributed by atoms with Crippen LogP contribution in [0.1, 0.15) is 0 Å². The maximum absolute atomic E-state index is 10.3. The van der Waals surface area contributed by atoms with Crippen LogP contribution in [0.3, 0.4) is 0 Å². The van der Waals surface area contributed by atoms with Gasteiger partial charge in [0.1, 0.15) is 12.7 Å². The van der Waals surface area contributed by atoms with Crippen molar-refractivity contribution >= 4 is 12.6 Å². The number of carbonyl (C=O) groups is 2. The summed E-state index contributed by atoms with van der Waals surface area (Å²) in [5.41, 5.74) is 0. The molecule has 0 aliphatic carbocycles. The Morgan fingerprint density at radius 3 is 2.64 bits per heavy atom. The summed E-state index contributed by atoms with van der Waals surface area (Å²) in [6.07, 6.45) is 0.129. The summed E-state index contributed by atoms with van der Waals surface area (Å²) in [6.45, 7) is -0.552. The Bertz CT molecular complexity index is 168. The van der Waals surface area contributed by atoms with Gasteiger partial charge in [0, 0.05) is 0 Å². The zero-order valence-corrected chi connectivity index (χ0v) is 5.73. The van der Waals surface area contributed by atoms with Crippen LogP contribution in [0.2, 0.25) is 0 Å². The van der Waals surface area contributed by atoms with E-state index >= 15 is 0 Å². The van der Waals surface area contributed by atoms with Crippen LogP contribution in [0.15, 0.2) is 0 Å². The van der Waals surface area contributed by atoms with Gasteiger partial charge in [-0.2, -0.15) is 0 Å². The molecule has 0 aromatic carbocycles. The van der Waals surface area contributed by atoms with E-state index in [9.17, 15) is 9.59 Å². The number of rotatable bonds is 3. The lowest BCUT2D eigenvalue weighted by molar-refractivity contribution is -0.185. The summed E-state index contributed by atoms with van der Waals surface area (Å²) in [6, 6.07) is 0. The molecular weight excluding hydrogens is 152 g/mol. The van der Waals surface area contributed by atoms with E-state index in [0.29, 0.717) is 12.6 Å². The summed E-state index contributed by atoms with van der Waals surface area (Å²) in [7, 11) is 0. The smallest absolute Gasteiger partial charge is 0.250 e. The number of hydrogen-bond donors (Lipinski definition) is 1. The van der Waals surface area contributed by atoms with Gasteiger partial charge < -0.3 is 19.4 Å². The van der Waals surface area contributed by atoms with Crippen LogP contribution in [-0.2, 0) is 19.1 Å². The van der Waals surface area contributed by atoms with Gasteiger partial charge in [-0.25, -0.2) is 0 Å². The minimum Gasteiger partial charge on any atom is -0.390 e. The van der Waals surface area contributed by atoms with Gasteiger partial charge in [-0.15, -0.1) is 0 Å². The number of ether oxygens (including phenoxy) is 2. The van der Waals surface area contributed by atoms with Gasteiger partial charge in [0.15, 0.2) is 12.6 Å². The van der Waals surface area contributed by atoms with E-state index in [1.807, 2.05) is 0 Å². The predicted octanol–water partition coefficient (Wildman–Crippen LogP) is -1.51. The highest BCUT2D eigenvalue weighted by Gasteiger charge is 2.41. The standard InChI is InChI=1S/C6H8O5/c7-1-5-2-10-6(3-8,4-9)11-5/h1,3,5,9H,2,4H2. The zero-order valence-electron chi connectivity index (χ0n) is 5.73. The first-order chi connectivity index (χ1) is 5.26. The molecule has 0 bridgehead atoms. The van der Waals surface area contributed by atoms with Crippen LogP contribution in [0.5, 0.6) is 0 Å². The third-order valence-corrected chi connectivity index (χ3v) is 1.39. The van der Waals surface area contributed by atoms with Crippen molar-refractivity contribution in [3.63, 3.8) is 0 Å². The average molecular weight is 160 g/mol. The highest BCUT2D eigenvalue weighted by Crippen LogP contribution is 2.19. The molecule has 0 aromatic rings. The topological polar surface area (TPSA) is 72.8 Å². The SMILES string of the molecule is O=CC1COC(C=O)(CO)O1. The predicted molar refractivity (Wildman–Crippen MR) is 32.8 cm³/mol. The number of aldehydes is 2. The van der Waals surface area contributed by atoms with Gasteiger partial charge in [0.25, 0.3) is 5.79 Å². The van der Waals surface area contributed by atoms with E-state index < -0.39 is 18.5 Å². The fraction of sp³-hybridized carbons (Fsp3) is 0.667. The van der Waals surface area contributed by atoms with Crippen molar-refractivity contribution in [3.05, 3.63) is 0 Å². The molecule has 2 atom stereocenters. The van der Waals surface area contributed by atoms with Gasteiger partial charge in [0.05, 0.1) is 6.61 Å². The van der Waals surface area contributed by atoms with Gasteiger partial charge in [-0.05, 0) is 0 Å². The first-order valence-electron chi connectivity index (χ1n) is 3.10. The van der Waals surface area contributed by atoms with Gasteiger partial charge in [0.2, 0.25) is 0 Å². The molecule has 1 fully saturated rings. The third kappa shape index (κ3) is 1.45. The van der Waals surface area contributed by atoms with Crippen molar-refractivity contribution in [3.8, 4) is 0 Å². The second kappa shape index (κ2) is 3.08. The first-order valence-corrected chi connectivity index (χ1v) is 3.10. The zero-order chi connectivity index (χ0) is 8.32. The third-order valence-electron chi connectivity index (χ3n) is 1.39. The van der Waals surface area contributed by atoms with E-state index in [1.54, 1.807) is 0 Å². The Hall–Kier alpha value is -0.780. The first kappa shape index (κ1) is 8.32. The van der Waals surface area contributed by atoms with Crippen LogP contribution in [0.25, 0.3) is 0 Å². The Labute approximate surface area is 62.9 Å². The molecule has 1 N–H and O–H groups in total. The molecule has 1 aliphatic heterocycles. The lowest BCUT2D eigenvalue weighted by atomic mass is 10.3. The monoisotopic (exact) mass is 160 g/mol. The molecule has 0 aromatic heterocycles. The molecule has 1 rings (SSSR count). The molecule has 0 amide bonds. The molecule has 0 spiro atoms. The Balaban J connectivity index is 2.61. The van der Waals surface area contributed by atoms with Crippen molar-refractivity contribution < 1.29 is 24.2 Å². The molecule has 1 saturated heterocycles. The second-order valence-corrected chi connectivity index (χ2v) is 2.19. The van der Waals surface area contributed by atoms with Crippen molar-refractivity contribution in [2.24, 2.45) is 0 Å². The summed E-state index contributed by atoms with van der Waals surface area (Å²) in [4.78, 5) is 20.4. The summed E-state index contributed by atoms with van der Waals surface area (Å²) in [5.74, 6) is -1.61. The number of carbonyl (C=O) groups excluding carboxylic acids is 2. The fourth-order valence-electron chi connectivity index (χ4n) is 0.797. The molecular formula is C6H8O5. The number of hydrogen-bond acceptors (Lipinski definition) is 5. The van der Waals surface area contributed by atoms with Gasteiger partial charge in [-0.1, -0.05) is 0 Å². The lowest BCUT2D eigenvalue weighted by Crippen LogP contribution is -2.37. The van der Waals surface area contributed by atoms with E-state index in [2.05, 4.69) is 0 Å². The molecule has 0 radical (unpaired) electrons. The average Bonchev–Trinajstić information content (AvgIpc) is 2.49. The van der Waals surface area contributed by atoms with Crippen molar-refractivity contribution in [1.82, 2.24) is 0 Å². The minimum atomic E-state index is -1.61. The van der Waals surface area contributed by atoms with Gasteiger partial charge >= 0.3 is 0 Å². The van der Waals surface area contributed by atoms with Crippen molar-refractivity contribution in [1.29, 1.82) is 0 Å². The number of aliphatic hydroxyl groups is 1. The van der Waals surface area contributed by atoms with E-state index in [1.165, 1.54) is 0 Å². The molecule has 2 unspecified atom stereocenters. The normalized spacial score (nSPS) is 37.0. The molecule has 11 heavy (non-hydrogen) atoms. The van der Waals surface area contributed by atoms with Crippen molar-refractivity contribution in [2.45, 2.75) is 11.9 Å². The molecule has 1 heterocycles. The van der Waals surface area contributed by atoms with E-state index in [0.717, 1.165) is 0 Å². The Morgan fingerprint density at radius 2 is 2.36 bits per heavy atom. The van der Waals surface area contributed by atoms with Crippen LogP contribution in [0.4, 0.5) is 0 Å². The van der Waals surface area contributed by atoms with E-state index in [4.69, 9.17) is 14.6 Å². The maximum Gasteiger partial charge on any atom is 0.250 e. The largest absolute Gasteiger partial charge is 0.390 e. The summed E-state index contributed by atoms with van der Waals surface area (Å²) < 4.78 is 9.56. The quantitative estimate of drug-likeness (QED) is 0.508. The molecule has 1 aliphatic rings. The maximum atomic E-state index is 10.3. The number of aliphatic hydroxyl groups excluding tert-OH is 1. The molecule has 62 valence electrons. The highest BCUT2D eigenvalue weighted by molar-refractivity contribution is 5.64. The summed E-state index contributed by atoms with van der Waals surface area (Å²) in [5, 5.41) is 8.63. The minimum absolute atomic E-state index is 0.0167. The van der Waals surface area contributed by atoms with Crippen LogP contribution >= 0.6 is 0 Å². The van der Waals surface area contributed by atoms with Crippen LogP contribution in [-0.4, -0.2) is 42.8 Å². The van der Waals surface area contributed by atoms with Crippen molar-refractivity contribution in [2.75, 3.05) is 13.2 Å². The van der Waals surface area contributed by atoms with Crippen LogP contribution < -0.4 is 0 Å². The molecule has 5 nitrogen and oxygen atoms in total. The lowest BCUT2D eigenvalue weighted by Gasteiger charge is -2.16. The van der Waals surface area contributed by atoms with Crippen LogP contribution in [0, 0.1) is 0 Å². The second-order valence-electron chi connectivity index (χ2n) is 2.19. The molecule has 0 saturated carbocycles. The van der Waals surface area contributed by atoms with E-state index in [-0.39, 0.29) is 6.61 Å². The van der Waals surface area contributed by atoms with Gasteiger partial charge in [-0.3, -0.25) is 4.79 Å². The highest BCUT2D eigenvalue weighted by atomic mass is 16.8.